The van der Waals surface area contributed by atoms with Gasteiger partial charge >= 0.3 is 0 Å². The van der Waals surface area contributed by atoms with E-state index >= 15 is 0 Å². The van der Waals surface area contributed by atoms with E-state index in [1.807, 2.05) is 4.57 Å². The Morgan fingerprint density at radius 3 is 2.76 bits per heavy atom. The van der Waals surface area contributed by atoms with Gasteiger partial charge in [0.2, 0.25) is 5.91 Å². The minimum atomic E-state index is -0.172. The number of rotatable bonds is 1. The molecule has 0 radical (unpaired) electrons. The van der Waals surface area contributed by atoms with Crippen LogP contribution in [0.5, 0.6) is 0 Å². The van der Waals surface area contributed by atoms with Gasteiger partial charge in [0.05, 0.1) is 0 Å². The van der Waals surface area contributed by atoms with Gasteiger partial charge in [-0.15, -0.1) is 0 Å². The standard InChI is InChI=1S/C11H16N4O2/c1-8(16)14-4-3-10-13-9(11(17)12-2)7-15(10)6-5-14/h7H,3-6H2,1-2H3,(H,12,17). The normalized spacial score (nSPS) is 15.1. The van der Waals surface area contributed by atoms with Crippen molar-refractivity contribution in [3.8, 4) is 0 Å². The van der Waals surface area contributed by atoms with E-state index in [4.69, 9.17) is 0 Å². The fraction of sp³-hybridized carbons (Fsp3) is 0.545. The SMILES string of the molecule is CNC(=O)c1cn2c(n1)CCN(C(C)=O)CC2. The second-order valence-corrected chi connectivity index (χ2v) is 4.07. The summed E-state index contributed by atoms with van der Waals surface area (Å²) in [5, 5.41) is 2.55. The Morgan fingerprint density at radius 1 is 1.35 bits per heavy atom. The highest BCUT2D eigenvalue weighted by atomic mass is 16.2. The highest BCUT2D eigenvalue weighted by Crippen LogP contribution is 2.10. The van der Waals surface area contributed by atoms with Gasteiger partial charge in [0.1, 0.15) is 11.5 Å². The van der Waals surface area contributed by atoms with E-state index in [-0.39, 0.29) is 11.8 Å². The van der Waals surface area contributed by atoms with Gasteiger partial charge in [0.25, 0.3) is 5.91 Å². The quantitative estimate of drug-likeness (QED) is 0.724. The van der Waals surface area contributed by atoms with Gasteiger partial charge < -0.3 is 14.8 Å². The van der Waals surface area contributed by atoms with Gasteiger partial charge in [0.15, 0.2) is 0 Å². The van der Waals surface area contributed by atoms with Crippen LogP contribution in [-0.4, -0.2) is 46.4 Å². The molecule has 0 bridgehead atoms. The third kappa shape index (κ3) is 2.30. The molecule has 1 aromatic heterocycles. The predicted octanol–water partition coefficient (Wildman–Crippen LogP) is -0.353. The van der Waals surface area contributed by atoms with Crippen molar-refractivity contribution in [1.29, 1.82) is 0 Å². The molecule has 0 atom stereocenters. The molecule has 0 saturated carbocycles. The van der Waals surface area contributed by atoms with E-state index in [1.54, 1.807) is 25.1 Å². The molecule has 0 aromatic carbocycles. The fourth-order valence-corrected chi connectivity index (χ4v) is 1.97. The molecule has 0 aliphatic carbocycles. The molecule has 1 aliphatic heterocycles. The van der Waals surface area contributed by atoms with Crippen molar-refractivity contribution in [3.05, 3.63) is 17.7 Å². The largest absolute Gasteiger partial charge is 0.354 e. The maximum Gasteiger partial charge on any atom is 0.271 e. The number of hydrogen-bond acceptors (Lipinski definition) is 3. The lowest BCUT2D eigenvalue weighted by molar-refractivity contribution is -0.128. The summed E-state index contributed by atoms with van der Waals surface area (Å²) in [5.74, 6) is 0.781. The number of fused-ring (bicyclic) bond motifs is 1. The number of carbonyl (C=O) groups is 2. The number of nitrogens with zero attached hydrogens (tertiary/aromatic N) is 3. The lowest BCUT2D eigenvalue weighted by atomic mass is 10.3. The molecule has 17 heavy (non-hydrogen) atoms. The van der Waals surface area contributed by atoms with E-state index in [2.05, 4.69) is 10.3 Å². The highest BCUT2D eigenvalue weighted by molar-refractivity contribution is 5.91. The summed E-state index contributed by atoms with van der Waals surface area (Å²) in [5.41, 5.74) is 0.443. The zero-order valence-corrected chi connectivity index (χ0v) is 10.1. The summed E-state index contributed by atoms with van der Waals surface area (Å²) < 4.78 is 1.95. The molecule has 2 rings (SSSR count). The van der Waals surface area contributed by atoms with Crippen LogP contribution in [0.1, 0.15) is 23.2 Å². The topological polar surface area (TPSA) is 67.2 Å². The zero-order valence-electron chi connectivity index (χ0n) is 10.1. The van der Waals surface area contributed by atoms with Gasteiger partial charge in [0, 0.05) is 46.2 Å². The predicted molar refractivity (Wildman–Crippen MR) is 61.6 cm³/mol. The first-order valence-electron chi connectivity index (χ1n) is 5.65. The maximum atomic E-state index is 11.4. The van der Waals surface area contributed by atoms with Crippen LogP contribution in [0.15, 0.2) is 6.20 Å². The van der Waals surface area contributed by atoms with Gasteiger partial charge in [-0.3, -0.25) is 9.59 Å². The van der Waals surface area contributed by atoms with Crippen LogP contribution in [0.2, 0.25) is 0 Å². The Balaban J connectivity index is 2.16. The van der Waals surface area contributed by atoms with E-state index in [1.165, 1.54) is 0 Å². The summed E-state index contributed by atoms with van der Waals surface area (Å²) in [4.78, 5) is 28.8. The van der Waals surface area contributed by atoms with Crippen LogP contribution >= 0.6 is 0 Å². The number of nitrogens with one attached hydrogen (secondary N) is 1. The number of carbonyl (C=O) groups excluding carboxylic acids is 2. The third-order valence-corrected chi connectivity index (χ3v) is 2.98. The summed E-state index contributed by atoms with van der Waals surface area (Å²) in [6, 6.07) is 0. The Hall–Kier alpha value is -1.85. The first kappa shape index (κ1) is 11.6. The molecule has 0 spiro atoms. The average Bonchev–Trinajstić information content (AvgIpc) is 2.61. The van der Waals surface area contributed by atoms with Crippen molar-refractivity contribution >= 4 is 11.8 Å². The third-order valence-electron chi connectivity index (χ3n) is 2.98. The minimum Gasteiger partial charge on any atom is -0.354 e. The summed E-state index contributed by atoms with van der Waals surface area (Å²) in [6.45, 7) is 3.61. The summed E-state index contributed by atoms with van der Waals surface area (Å²) >= 11 is 0. The Labute approximate surface area is 99.6 Å². The molecule has 1 aliphatic rings. The van der Waals surface area contributed by atoms with Crippen molar-refractivity contribution < 1.29 is 9.59 Å². The van der Waals surface area contributed by atoms with Crippen molar-refractivity contribution in [3.63, 3.8) is 0 Å². The number of imidazole rings is 1. The number of aromatic nitrogens is 2. The lowest BCUT2D eigenvalue weighted by Crippen LogP contribution is -2.31. The molecular formula is C11H16N4O2. The second kappa shape index (κ2) is 4.57. The summed E-state index contributed by atoms with van der Waals surface area (Å²) in [6.07, 6.45) is 2.44. The van der Waals surface area contributed by atoms with Crippen LogP contribution in [0.4, 0.5) is 0 Å². The van der Waals surface area contributed by atoms with E-state index < -0.39 is 0 Å². The van der Waals surface area contributed by atoms with Gasteiger partial charge in [-0.2, -0.15) is 0 Å². The number of hydrogen-bond donors (Lipinski definition) is 1. The van der Waals surface area contributed by atoms with Gasteiger partial charge in [-0.25, -0.2) is 4.98 Å². The second-order valence-electron chi connectivity index (χ2n) is 4.07. The molecule has 1 aromatic rings. The smallest absolute Gasteiger partial charge is 0.271 e. The van der Waals surface area contributed by atoms with Crippen LogP contribution in [-0.2, 0) is 17.8 Å². The molecule has 0 saturated heterocycles. The minimum absolute atomic E-state index is 0.0854. The lowest BCUT2D eigenvalue weighted by Gasteiger charge is -2.17. The first-order chi connectivity index (χ1) is 8.11. The summed E-state index contributed by atoms with van der Waals surface area (Å²) in [7, 11) is 1.59. The van der Waals surface area contributed by atoms with Crippen molar-refractivity contribution in [2.24, 2.45) is 0 Å². The molecule has 1 N–H and O–H groups in total. The Morgan fingerprint density at radius 2 is 2.12 bits per heavy atom. The number of amides is 2. The molecule has 6 nitrogen and oxygen atoms in total. The first-order valence-corrected chi connectivity index (χ1v) is 5.65. The van der Waals surface area contributed by atoms with Crippen LogP contribution in [0, 0.1) is 0 Å². The Bertz CT molecular complexity index is 427. The molecule has 2 amide bonds. The van der Waals surface area contributed by atoms with Crippen molar-refractivity contribution in [1.82, 2.24) is 19.8 Å². The van der Waals surface area contributed by atoms with Crippen LogP contribution < -0.4 is 5.32 Å². The van der Waals surface area contributed by atoms with Crippen molar-refractivity contribution in [2.45, 2.75) is 19.9 Å². The molecule has 0 fully saturated rings. The van der Waals surface area contributed by atoms with E-state index in [9.17, 15) is 9.59 Å². The maximum absolute atomic E-state index is 11.4. The molecular weight excluding hydrogens is 220 g/mol. The van der Waals surface area contributed by atoms with Gasteiger partial charge in [-0.1, -0.05) is 0 Å². The molecule has 2 heterocycles. The molecule has 92 valence electrons. The Kier molecular flexibility index (Phi) is 3.12. The average molecular weight is 236 g/mol. The van der Waals surface area contributed by atoms with Gasteiger partial charge in [-0.05, 0) is 0 Å². The van der Waals surface area contributed by atoms with Crippen LogP contribution in [0.25, 0.3) is 0 Å². The zero-order chi connectivity index (χ0) is 12.4. The molecule has 0 unspecified atom stereocenters. The highest BCUT2D eigenvalue weighted by Gasteiger charge is 2.19. The van der Waals surface area contributed by atoms with Crippen LogP contribution in [0.3, 0.4) is 0 Å². The van der Waals surface area contributed by atoms with E-state index in [0.29, 0.717) is 31.7 Å². The van der Waals surface area contributed by atoms with Crippen molar-refractivity contribution in [2.75, 3.05) is 20.1 Å². The van der Waals surface area contributed by atoms with E-state index in [0.717, 1.165) is 5.82 Å². The molecule has 6 heteroatoms. The monoisotopic (exact) mass is 236 g/mol. The fourth-order valence-electron chi connectivity index (χ4n) is 1.97.